The Morgan fingerprint density at radius 1 is 0.789 bits per heavy atom. The lowest BCUT2D eigenvalue weighted by Crippen LogP contribution is -2.52. The van der Waals surface area contributed by atoms with Gasteiger partial charge in [-0.05, 0) is 67.8 Å². The van der Waals surface area contributed by atoms with Crippen molar-refractivity contribution in [2.75, 3.05) is 40.4 Å². The van der Waals surface area contributed by atoms with Gasteiger partial charge in [-0.25, -0.2) is 0 Å². The first kappa shape index (κ1) is 25.9. The van der Waals surface area contributed by atoms with E-state index in [-0.39, 0.29) is 17.7 Å². The summed E-state index contributed by atoms with van der Waals surface area (Å²) < 4.78 is 12.9. The quantitative estimate of drug-likeness (QED) is 0.445. The van der Waals surface area contributed by atoms with Gasteiger partial charge in [0.05, 0.1) is 25.5 Å². The molecule has 0 radical (unpaired) electrons. The summed E-state index contributed by atoms with van der Waals surface area (Å²) in [6, 6.07) is 17.7. The SMILES string of the molecule is COc1ccc(-c2cc(C(=O)N3CCN(C(=O)C4CCCCC4)CC3)c(C)n2-c2cccc(OC)c2)cc1. The van der Waals surface area contributed by atoms with Crippen LogP contribution in [-0.4, -0.2) is 66.6 Å². The van der Waals surface area contributed by atoms with Gasteiger partial charge in [-0.2, -0.15) is 0 Å². The molecule has 2 fully saturated rings. The number of hydrogen-bond acceptors (Lipinski definition) is 4. The van der Waals surface area contributed by atoms with Gasteiger partial charge in [0.2, 0.25) is 5.91 Å². The second-order valence-corrected chi connectivity index (χ2v) is 10.2. The third-order valence-corrected chi connectivity index (χ3v) is 8.01. The van der Waals surface area contributed by atoms with E-state index in [1.807, 2.05) is 71.3 Å². The van der Waals surface area contributed by atoms with E-state index in [1.54, 1.807) is 14.2 Å². The Morgan fingerprint density at radius 2 is 1.45 bits per heavy atom. The molecule has 1 aliphatic carbocycles. The van der Waals surface area contributed by atoms with Gasteiger partial charge in [-0.15, -0.1) is 0 Å². The number of nitrogens with zero attached hydrogens (tertiary/aromatic N) is 3. The molecule has 200 valence electrons. The predicted octanol–water partition coefficient (Wildman–Crippen LogP) is 5.33. The Kier molecular flexibility index (Phi) is 7.72. The number of benzene rings is 2. The van der Waals surface area contributed by atoms with Gasteiger partial charge >= 0.3 is 0 Å². The van der Waals surface area contributed by atoms with Gasteiger partial charge in [0.1, 0.15) is 11.5 Å². The number of carbonyl (C=O) groups excluding carboxylic acids is 2. The summed E-state index contributed by atoms with van der Waals surface area (Å²) in [7, 11) is 3.30. The number of piperazine rings is 1. The number of methoxy groups -OCH3 is 2. The Labute approximate surface area is 224 Å². The molecular formula is C31H37N3O4. The van der Waals surface area contributed by atoms with Crippen LogP contribution in [0.4, 0.5) is 0 Å². The Balaban J connectivity index is 1.42. The third-order valence-electron chi connectivity index (χ3n) is 8.01. The van der Waals surface area contributed by atoms with Gasteiger partial charge < -0.3 is 23.8 Å². The summed E-state index contributed by atoms with van der Waals surface area (Å²) in [6.07, 6.45) is 5.54. The summed E-state index contributed by atoms with van der Waals surface area (Å²) in [6.45, 7) is 4.30. The lowest BCUT2D eigenvalue weighted by molar-refractivity contribution is -0.138. The number of carbonyl (C=O) groups is 2. The molecule has 1 aromatic heterocycles. The molecule has 38 heavy (non-hydrogen) atoms. The van der Waals surface area contributed by atoms with Crippen molar-refractivity contribution in [2.24, 2.45) is 5.92 Å². The maximum Gasteiger partial charge on any atom is 0.255 e. The fourth-order valence-electron chi connectivity index (χ4n) is 5.79. The highest BCUT2D eigenvalue weighted by Gasteiger charge is 2.31. The molecule has 2 amide bonds. The number of aromatic nitrogens is 1. The predicted molar refractivity (Wildman–Crippen MR) is 148 cm³/mol. The van der Waals surface area contributed by atoms with Gasteiger partial charge in [0.15, 0.2) is 0 Å². The molecule has 1 aliphatic heterocycles. The standard InChI is InChI=1S/C31H37N3O4/c1-22-28(31(36)33-18-16-32(17-19-33)30(35)24-8-5-4-6-9-24)21-29(23-12-14-26(37-2)15-13-23)34(22)25-10-7-11-27(20-25)38-3/h7,10-15,20-21,24H,4-6,8-9,16-19H2,1-3H3. The van der Waals surface area contributed by atoms with Crippen molar-refractivity contribution in [3.05, 3.63) is 65.9 Å². The zero-order valence-electron chi connectivity index (χ0n) is 22.6. The summed E-state index contributed by atoms with van der Waals surface area (Å²) >= 11 is 0. The average Bonchev–Trinajstić information content (AvgIpc) is 3.33. The first-order chi connectivity index (χ1) is 18.5. The zero-order chi connectivity index (χ0) is 26.6. The van der Waals surface area contributed by atoms with Crippen LogP contribution in [0.5, 0.6) is 11.5 Å². The summed E-state index contributed by atoms with van der Waals surface area (Å²) in [5.41, 5.74) is 4.38. The van der Waals surface area contributed by atoms with Crippen LogP contribution in [0.15, 0.2) is 54.6 Å². The molecule has 0 N–H and O–H groups in total. The van der Waals surface area contributed by atoms with E-state index in [9.17, 15) is 9.59 Å². The zero-order valence-corrected chi connectivity index (χ0v) is 22.6. The van der Waals surface area contributed by atoms with Crippen LogP contribution in [0.1, 0.15) is 48.2 Å². The highest BCUT2D eigenvalue weighted by atomic mass is 16.5. The maximum absolute atomic E-state index is 13.8. The monoisotopic (exact) mass is 515 g/mol. The lowest BCUT2D eigenvalue weighted by Gasteiger charge is -2.37. The maximum atomic E-state index is 13.8. The van der Waals surface area contributed by atoms with Gasteiger partial charge in [-0.1, -0.05) is 25.3 Å². The van der Waals surface area contributed by atoms with E-state index in [0.29, 0.717) is 31.7 Å². The highest BCUT2D eigenvalue weighted by molar-refractivity contribution is 5.97. The van der Waals surface area contributed by atoms with Crippen molar-refractivity contribution in [3.63, 3.8) is 0 Å². The number of hydrogen-bond donors (Lipinski definition) is 0. The van der Waals surface area contributed by atoms with Crippen molar-refractivity contribution in [3.8, 4) is 28.4 Å². The summed E-state index contributed by atoms with van der Waals surface area (Å²) in [4.78, 5) is 30.7. The minimum Gasteiger partial charge on any atom is -0.497 e. The molecule has 0 atom stereocenters. The molecule has 0 spiro atoms. The molecule has 7 heteroatoms. The van der Waals surface area contributed by atoms with Crippen molar-refractivity contribution < 1.29 is 19.1 Å². The Hall–Kier alpha value is -3.74. The fraction of sp³-hybridized carbons (Fsp3) is 0.419. The van der Waals surface area contributed by atoms with Gasteiger partial charge in [-0.3, -0.25) is 9.59 Å². The van der Waals surface area contributed by atoms with Crippen molar-refractivity contribution >= 4 is 11.8 Å². The first-order valence-electron chi connectivity index (χ1n) is 13.6. The average molecular weight is 516 g/mol. The highest BCUT2D eigenvalue weighted by Crippen LogP contribution is 2.33. The number of amides is 2. The molecule has 3 aromatic rings. The number of ether oxygens (including phenoxy) is 2. The smallest absolute Gasteiger partial charge is 0.255 e. The van der Waals surface area contributed by atoms with Crippen LogP contribution in [0.2, 0.25) is 0 Å². The number of rotatable bonds is 6. The van der Waals surface area contributed by atoms with Crippen LogP contribution in [0, 0.1) is 12.8 Å². The molecule has 0 unspecified atom stereocenters. The molecule has 0 bridgehead atoms. The van der Waals surface area contributed by atoms with Crippen molar-refractivity contribution in [1.29, 1.82) is 0 Å². The minimum atomic E-state index is 0.00340. The molecule has 2 aliphatic rings. The van der Waals surface area contributed by atoms with E-state index in [2.05, 4.69) is 4.57 Å². The van der Waals surface area contributed by atoms with Crippen LogP contribution < -0.4 is 9.47 Å². The topological polar surface area (TPSA) is 64.0 Å². The molecule has 7 nitrogen and oxygen atoms in total. The van der Waals surface area contributed by atoms with E-state index < -0.39 is 0 Å². The molecular weight excluding hydrogens is 478 g/mol. The van der Waals surface area contributed by atoms with Gasteiger partial charge in [0, 0.05) is 49.5 Å². The van der Waals surface area contributed by atoms with E-state index >= 15 is 0 Å². The molecule has 2 heterocycles. The van der Waals surface area contributed by atoms with Crippen molar-refractivity contribution in [2.45, 2.75) is 39.0 Å². The molecule has 1 saturated carbocycles. The molecule has 5 rings (SSSR count). The molecule has 2 aromatic carbocycles. The van der Waals surface area contributed by atoms with E-state index in [4.69, 9.17) is 9.47 Å². The summed E-state index contributed by atoms with van der Waals surface area (Å²) in [5, 5.41) is 0. The largest absolute Gasteiger partial charge is 0.497 e. The second-order valence-electron chi connectivity index (χ2n) is 10.2. The minimum absolute atomic E-state index is 0.00340. The van der Waals surface area contributed by atoms with Crippen molar-refractivity contribution in [1.82, 2.24) is 14.4 Å². The summed E-state index contributed by atoms with van der Waals surface area (Å²) in [5.74, 6) is 1.98. The van der Waals surface area contributed by atoms with Crippen LogP contribution in [-0.2, 0) is 4.79 Å². The lowest BCUT2D eigenvalue weighted by atomic mass is 9.88. The van der Waals surface area contributed by atoms with Crippen LogP contribution >= 0.6 is 0 Å². The first-order valence-corrected chi connectivity index (χ1v) is 13.6. The molecule has 1 saturated heterocycles. The van der Waals surface area contributed by atoms with E-state index in [1.165, 1.54) is 6.42 Å². The van der Waals surface area contributed by atoms with Crippen LogP contribution in [0.25, 0.3) is 16.9 Å². The van der Waals surface area contributed by atoms with Gasteiger partial charge in [0.25, 0.3) is 5.91 Å². The second kappa shape index (κ2) is 11.3. The third kappa shape index (κ3) is 5.15. The Bertz CT molecular complexity index is 1280. The van der Waals surface area contributed by atoms with E-state index in [0.717, 1.165) is 59.8 Å². The normalized spacial score (nSPS) is 16.4. The Morgan fingerprint density at radius 3 is 2.11 bits per heavy atom. The fourth-order valence-corrected chi connectivity index (χ4v) is 5.79. The van der Waals surface area contributed by atoms with Crippen LogP contribution in [0.3, 0.4) is 0 Å².